The number of alkyl halides is 1. The van der Waals surface area contributed by atoms with Gasteiger partial charge in [0, 0.05) is 6.54 Å². The normalized spacial score (nSPS) is 9.43. The second-order valence-corrected chi connectivity index (χ2v) is 1.74. The number of ether oxygens (including phenoxy) is 1. The van der Waals surface area contributed by atoms with Crippen molar-refractivity contribution in [2.75, 3.05) is 24.8 Å². The average Bonchev–Trinajstić information content (AvgIpc) is 1.69. The van der Waals surface area contributed by atoms with Gasteiger partial charge in [-0.1, -0.05) is 22.6 Å². The van der Waals surface area contributed by atoms with Crippen molar-refractivity contribution >= 4 is 22.6 Å². The molecule has 0 aromatic heterocycles. The molecule has 2 nitrogen and oxygen atoms in total. The van der Waals surface area contributed by atoms with Crippen LogP contribution in [0.15, 0.2) is 0 Å². The van der Waals surface area contributed by atoms with Gasteiger partial charge in [0.1, 0.15) is 0 Å². The fourth-order valence-electron chi connectivity index (χ4n) is 0.229. The zero-order valence-corrected chi connectivity index (χ0v) is 6.57. The quantitative estimate of drug-likeness (QED) is 0.421. The second kappa shape index (κ2) is 6.65. The average molecular weight is 215 g/mol. The number of hydrogen-bond acceptors (Lipinski definition) is 2. The van der Waals surface area contributed by atoms with E-state index in [9.17, 15) is 0 Å². The maximum atomic E-state index is 5.00. The van der Waals surface area contributed by atoms with Gasteiger partial charge in [-0.15, -0.1) is 0 Å². The second-order valence-electron chi connectivity index (χ2n) is 1.12. The molecule has 0 radical (unpaired) electrons. The SMILES string of the molecule is CNCCOCI. The Morgan fingerprint density at radius 3 is 2.86 bits per heavy atom. The first-order chi connectivity index (χ1) is 3.41. The lowest BCUT2D eigenvalue weighted by atomic mass is 10.7. The van der Waals surface area contributed by atoms with Crippen LogP contribution in [0.5, 0.6) is 0 Å². The van der Waals surface area contributed by atoms with Crippen LogP contribution >= 0.6 is 22.6 Å². The Kier molecular flexibility index (Phi) is 7.27. The van der Waals surface area contributed by atoms with Crippen LogP contribution in [0.1, 0.15) is 0 Å². The Balaban J connectivity index is 2.45. The molecule has 0 fully saturated rings. The number of rotatable bonds is 4. The van der Waals surface area contributed by atoms with Gasteiger partial charge in [-0.2, -0.15) is 0 Å². The largest absolute Gasteiger partial charge is 0.370 e. The van der Waals surface area contributed by atoms with Gasteiger partial charge in [0.25, 0.3) is 0 Å². The summed E-state index contributed by atoms with van der Waals surface area (Å²) in [6, 6.07) is 0. The van der Waals surface area contributed by atoms with Crippen LogP contribution in [0, 0.1) is 0 Å². The zero-order valence-electron chi connectivity index (χ0n) is 4.41. The molecule has 0 aliphatic carbocycles. The Labute approximate surface area is 57.8 Å². The molecule has 44 valence electrons. The molecule has 0 spiro atoms. The molecule has 1 N–H and O–H groups in total. The first kappa shape index (κ1) is 7.65. The Hall–Kier alpha value is 0.650. The summed E-state index contributed by atoms with van der Waals surface area (Å²) in [7, 11) is 1.91. The van der Waals surface area contributed by atoms with E-state index in [1.54, 1.807) is 0 Å². The molecule has 0 aromatic carbocycles. The fourth-order valence-corrected chi connectivity index (χ4v) is 0.540. The van der Waals surface area contributed by atoms with Gasteiger partial charge in [-0.05, 0) is 7.05 Å². The first-order valence-corrected chi connectivity index (χ1v) is 3.72. The summed E-state index contributed by atoms with van der Waals surface area (Å²) in [6.45, 7) is 1.77. The molecule has 0 heterocycles. The summed E-state index contributed by atoms with van der Waals surface area (Å²) >= 11 is 2.18. The minimum atomic E-state index is 0.791. The van der Waals surface area contributed by atoms with Crippen LogP contribution in [0.25, 0.3) is 0 Å². The van der Waals surface area contributed by atoms with E-state index in [1.165, 1.54) is 0 Å². The molecule has 0 bridgehead atoms. The van der Waals surface area contributed by atoms with Crippen molar-refractivity contribution in [3.05, 3.63) is 0 Å². The highest BCUT2D eigenvalue weighted by atomic mass is 127. The minimum absolute atomic E-state index is 0.791. The molecule has 3 heteroatoms. The third kappa shape index (κ3) is 6.65. The van der Waals surface area contributed by atoms with Gasteiger partial charge >= 0.3 is 0 Å². The monoisotopic (exact) mass is 215 g/mol. The fraction of sp³-hybridized carbons (Fsp3) is 1.00. The summed E-state index contributed by atoms with van der Waals surface area (Å²) in [6.07, 6.45) is 0. The third-order valence-electron chi connectivity index (χ3n) is 0.574. The third-order valence-corrected chi connectivity index (χ3v) is 1.01. The van der Waals surface area contributed by atoms with Crippen molar-refractivity contribution in [3.63, 3.8) is 0 Å². The van der Waals surface area contributed by atoms with E-state index < -0.39 is 0 Å². The minimum Gasteiger partial charge on any atom is -0.370 e. The predicted molar refractivity (Wildman–Crippen MR) is 38.8 cm³/mol. The van der Waals surface area contributed by atoms with Crippen molar-refractivity contribution in [2.24, 2.45) is 0 Å². The zero-order chi connectivity index (χ0) is 5.54. The van der Waals surface area contributed by atoms with Crippen molar-refractivity contribution in [3.8, 4) is 0 Å². The van der Waals surface area contributed by atoms with Crippen LogP contribution in [-0.2, 0) is 4.74 Å². The Bertz CT molecular complexity index is 30.9. The highest BCUT2D eigenvalue weighted by molar-refractivity contribution is 14.1. The summed E-state index contributed by atoms with van der Waals surface area (Å²) in [5.74, 6) is 0. The topological polar surface area (TPSA) is 21.3 Å². The van der Waals surface area contributed by atoms with Crippen molar-refractivity contribution in [2.45, 2.75) is 0 Å². The molecule has 7 heavy (non-hydrogen) atoms. The highest BCUT2D eigenvalue weighted by Gasteiger charge is 1.77. The van der Waals surface area contributed by atoms with Crippen LogP contribution in [0.2, 0.25) is 0 Å². The lowest BCUT2D eigenvalue weighted by Crippen LogP contribution is -2.13. The van der Waals surface area contributed by atoms with E-state index >= 15 is 0 Å². The van der Waals surface area contributed by atoms with Gasteiger partial charge in [-0.3, -0.25) is 0 Å². The van der Waals surface area contributed by atoms with E-state index in [0.29, 0.717) is 0 Å². The smallest absolute Gasteiger partial charge is 0.0979 e. The molecule has 0 aliphatic rings. The predicted octanol–water partition coefficient (Wildman–Crippen LogP) is 0.615. The maximum Gasteiger partial charge on any atom is 0.0979 e. The Morgan fingerprint density at radius 1 is 1.71 bits per heavy atom. The number of halogens is 1. The highest BCUT2D eigenvalue weighted by Crippen LogP contribution is 1.80. The van der Waals surface area contributed by atoms with Crippen molar-refractivity contribution < 1.29 is 4.74 Å². The number of likely N-dealkylation sites (N-methyl/N-ethyl adjacent to an activating group) is 1. The van der Waals surface area contributed by atoms with E-state index in [2.05, 4.69) is 27.9 Å². The summed E-state index contributed by atoms with van der Waals surface area (Å²) in [4.78, 5) is 0. The molecular weight excluding hydrogens is 205 g/mol. The van der Waals surface area contributed by atoms with E-state index in [1.807, 2.05) is 7.05 Å². The van der Waals surface area contributed by atoms with E-state index in [-0.39, 0.29) is 0 Å². The van der Waals surface area contributed by atoms with Crippen LogP contribution < -0.4 is 5.32 Å². The molecule has 0 unspecified atom stereocenters. The van der Waals surface area contributed by atoms with E-state index in [0.717, 1.165) is 17.8 Å². The molecule has 0 aromatic rings. The lowest BCUT2D eigenvalue weighted by molar-refractivity contribution is 0.194. The molecule has 0 amide bonds. The molecule has 0 aliphatic heterocycles. The summed E-state index contributed by atoms with van der Waals surface area (Å²) in [5, 5.41) is 2.97. The van der Waals surface area contributed by atoms with Gasteiger partial charge in [0.05, 0.1) is 11.2 Å². The first-order valence-electron chi connectivity index (χ1n) is 2.20. The van der Waals surface area contributed by atoms with Gasteiger partial charge < -0.3 is 10.1 Å². The number of nitrogens with one attached hydrogen (secondary N) is 1. The van der Waals surface area contributed by atoms with Crippen LogP contribution in [0.4, 0.5) is 0 Å². The van der Waals surface area contributed by atoms with Crippen LogP contribution in [-0.4, -0.2) is 24.8 Å². The lowest BCUT2D eigenvalue weighted by Gasteiger charge is -1.95. The van der Waals surface area contributed by atoms with Gasteiger partial charge in [0.15, 0.2) is 0 Å². The number of hydrogen-bond donors (Lipinski definition) is 1. The molecule has 0 rings (SSSR count). The Morgan fingerprint density at radius 2 is 2.43 bits per heavy atom. The molecular formula is C4H10INO. The molecule has 0 saturated carbocycles. The van der Waals surface area contributed by atoms with Gasteiger partial charge in [-0.25, -0.2) is 0 Å². The van der Waals surface area contributed by atoms with Crippen LogP contribution in [0.3, 0.4) is 0 Å². The molecule has 0 saturated heterocycles. The summed E-state index contributed by atoms with van der Waals surface area (Å²) in [5.41, 5.74) is 0. The standard InChI is InChI=1S/C4H10INO/c1-6-2-3-7-4-5/h6H,2-4H2,1H3. The molecule has 0 atom stereocenters. The van der Waals surface area contributed by atoms with Gasteiger partial charge in [0.2, 0.25) is 0 Å². The summed E-state index contributed by atoms with van der Waals surface area (Å²) < 4.78 is 5.79. The van der Waals surface area contributed by atoms with Crippen molar-refractivity contribution in [1.29, 1.82) is 0 Å². The van der Waals surface area contributed by atoms with E-state index in [4.69, 9.17) is 4.74 Å². The maximum absolute atomic E-state index is 5.00. The van der Waals surface area contributed by atoms with Crippen molar-refractivity contribution in [1.82, 2.24) is 5.32 Å².